The molecule has 4 heteroatoms. The van der Waals surface area contributed by atoms with E-state index in [1.54, 1.807) is 19.9 Å². The molecule has 1 aromatic carbocycles. The Morgan fingerprint density at radius 3 is 2.65 bits per heavy atom. The van der Waals surface area contributed by atoms with E-state index in [-0.39, 0.29) is 29.4 Å². The Kier molecular flexibility index (Phi) is 4.63. The van der Waals surface area contributed by atoms with Crippen LogP contribution in [0.4, 0.5) is 4.39 Å². The first-order valence-electron chi connectivity index (χ1n) is 5.49. The first-order valence-corrected chi connectivity index (χ1v) is 5.49. The Balaban J connectivity index is 2.85. The molecule has 0 spiro atoms. The number of carbonyl (C=O) groups excluding carboxylic acids is 1. The van der Waals surface area contributed by atoms with Crippen LogP contribution in [0.25, 0.3) is 0 Å². The molecule has 0 fully saturated rings. The second-order valence-electron chi connectivity index (χ2n) is 4.27. The molecule has 17 heavy (non-hydrogen) atoms. The fourth-order valence-corrected chi connectivity index (χ4v) is 1.51. The maximum absolute atomic E-state index is 13.7. The summed E-state index contributed by atoms with van der Waals surface area (Å²) in [5.74, 6) is -0.989. The van der Waals surface area contributed by atoms with Crippen LogP contribution in [0.5, 0.6) is 5.75 Å². The topological polar surface area (TPSA) is 46.5 Å². The average Bonchev–Trinajstić information content (AvgIpc) is 2.30. The molecule has 0 aromatic heterocycles. The first-order chi connectivity index (χ1) is 7.97. The lowest BCUT2D eigenvalue weighted by Crippen LogP contribution is -2.27. The van der Waals surface area contributed by atoms with Gasteiger partial charge >= 0.3 is 0 Å². The number of rotatable bonds is 5. The van der Waals surface area contributed by atoms with Gasteiger partial charge in [-0.2, -0.15) is 0 Å². The van der Waals surface area contributed by atoms with Crippen LogP contribution in [0.2, 0.25) is 0 Å². The summed E-state index contributed by atoms with van der Waals surface area (Å²) in [4.78, 5) is 11.6. The molecule has 0 radical (unpaired) electrons. The minimum absolute atomic E-state index is 0.106. The van der Waals surface area contributed by atoms with Crippen molar-refractivity contribution in [2.75, 3.05) is 7.11 Å². The third kappa shape index (κ3) is 3.27. The van der Waals surface area contributed by atoms with Crippen LogP contribution < -0.4 is 4.74 Å². The molecule has 0 aliphatic rings. The molecule has 1 unspecified atom stereocenters. The van der Waals surface area contributed by atoms with Gasteiger partial charge in [0.1, 0.15) is 6.10 Å². The number of aliphatic hydroxyl groups is 1. The maximum Gasteiger partial charge on any atom is 0.168 e. The molecular formula is C13H17FO3. The minimum Gasteiger partial charge on any atom is -0.494 e. The zero-order chi connectivity index (χ0) is 13.0. The van der Waals surface area contributed by atoms with E-state index in [0.717, 1.165) is 0 Å². The number of ether oxygens (including phenoxy) is 1. The normalized spacial score (nSPS) is 12.6. The van der Waals surface area contributed by atoms with Crippen LogP contribution in [0, 0.1) is 11.7 Å². The van der Waals surface area contributed by atoms with Gasteiger partial charge < -0.3 is 9.84 Å². The smallest absolute Gasteiger partial charge is 0.168 e. The lowest BCUT2D eigenvalue weighted by atomic mass is 9.98. The Morgan fingerprint density at radius 2 is 2.12 bits per heavy atom. The summed E-state index contributed by atoms with van der Waals surface area (Å²) in [6.07, 6.45) is -1.18. The monoisotopic (exact) mass is 240 g/mol. The van der Waals surface area contributed by atoms with Gasteiger partial charge in [0.15, 0.2) is 17.3 Å². The highest BCUT2D eigenvalue weighted by molar-refractivity contribution is 5.85. The van der Waals surface area contributed by atoms with Crippen molar-refractivity contribution in [1.29, 1.82) is 0 Å². The number of methoxy groups -OCH3 is 1. The fraction of sp³-hybridized carbons (Fsp3) is 0.462. The molecule has 0 heterocycles. The largest absolute Gasteiger partial charge is 0.494 e. The number of carbonyl (C=O) groups is 1. The lowest BCUT2D eigenvalue weighted by Gasteiger charge is -2.13. The number of Topliss-reactive ketones (excluding diaryl/α,β-unsaturated/α-hetero) is 1. The Morgan fingerprint density at radius 1 is 1.47 bits per heavy atom. The summed E-state index contributed by atoms with van der Waals surface area (Å²) < 4.78 is 18.6. The van der Waals surface area contributed by atoms with Crippen molar-refractivity contribution in [3.63, 3.8) is 0 Å². The van der Waals surface area contributed by atoms with Gasteiger partial charge in [-0.05, 0) is 17.5 Å². The molecular weight excluding hydrogens is 223 g/mol. The third-order valence-corrected chi connectivity index (χ3v) is 2.59. The van der Waals surface area contributed by atoms with Crippen LogP contribution in [-0.4, -0.2) is 24.1 Å². The van der Waals surface area contributed by atoms with Crippen LogP contribution in [0.15, 0.2) is 18.2 Å². The molecule has 0 amide bonds. The molecule has 1 atom stereocenters. The Labute approximate surface area is 100 Å². The summed E-state index contributed by atoms with van der Waals surface area (Å²) in [6.45, 7) is 3.48. The zero-order valence-corrected chi connectivity index (χ0v) is 10.2. The summed E-state index contributed by atoms with van der Waals surface area (Å²) in [5.41, 5.74) is 0.244. The Bertz CT molecular complexity index is 402. The van der Waals surface area contributed by atoms with Gasteiger partial charge in [0.25, 0.3) is 0 Å². The van der Waals surface area contributed by atoms with Crippen molar-refractivity contribution in [3.05, 3.63) is 29.6 Å². The van der Waals surface area contributed by atoms with Gasteiger partial charge in [0.2, 0.25) is 0 Å². The van der Waals surface area contributed by atoms with Crippen molar-refractivity contribution < 1.29 is 19.0 Å². The van der Waals surface area contributed by atoms with E-state index in [2.05, 4.69) is 0 Å². The average molecular weight is 240 g/mol. The standard InChI is InChI=1S/C13H17FO3/c1-8(2)13(16)10(15)7-9-5-4-6-11(17-3)12(9)14/h4-6,8,13,16H,7H2,1-3H3. The number of halogens is 1. The van der Waals surface area contributed by atoms with Gasteiger partial charge in [-0.25, -0.2) is 4.39 Å². The van der Waals surface area contributed by atoms with Crippen LogP contribution in [0.3, 0.4) is 0 Å². The van der Waals surface area contributed by atoms with Gasteiger partial charge in [0.05, 0.1) is 7.11 Å². The summed E-state index contributed by atoms with van der Waals surface area (Å²) in [7, 11) is 1.37. The molecule has 94 valence electrons. The quantitative estimate of drug-likeness (QED) is 0.855. The van der Waals surface area contributed by atoms with E-state index in [0.29, 0.717) is 0 Å². The SMILES string of the molecule is COc1cccc(CC(=O)C(O)C(C)C)c1F. The van der Waals surface area contributed by atoms with E-state index < -0.39 is 11.9 Å². The third-order valence-electron chi connectivity index (χ3n) is 2.59. The van der Waals surface area contributed by atoms with Crippen LogP contribution >= 0.6 is 0 Å². The molecule has 1 rings (SSSR count). The van der Waals surface area contributed by atoms with Gasteiger partial charge in [0, 0.05) is 6.42 Å². The lowest BCUT2D eigenvalue weighted by molar-refractivity contribution is -0.128. The van der Waals surface area contributed by atoms with Crippen LogP contribution in [0.1, 0.15) is 19.4 Å². The number of aliphatic hydroxyl groups excluding tert-OH is 1. The second kappa shape index (κ2) is 5.77. The number of ketones is 1. The maximum atomic E-state index is 13.7. The molecule has 0 saturated heterocycles. The Hall–Kier alpha value is -1.42. The summed E-state index contributed by atoms with van der Waals surface area (Å²) >= 11 is 0. The predicted molar refractivity (Wildman–Crippen MR) is 62.5 cm³/mol. The van der Waals surface area contributed by atoms with E-state index in [1.165, 1.54) is 19.2 Å². The molecule has 0 saturated carbocycles. The van der Waals surface area contributed by atoms with Crippen molar-refractivity contribution in [2.24, 2.45) is 5.92 Å². The second-order valence-corrected chi connectivity index (χ2v) is 4.27. The number of hydrogen-bond donors (Lipinski definition) is 1. The minimum atomic E-state index is -1.05. The molecule has 1 N–H and O–H groups in total. The highest BCUT2D eigenvalue weighted by Gasteiger charge is 2.21. The zero-order valence-electron chi connectivity index (χ0n) is 10.2. The fourth-order valence-electron chi connectivity index (χ4n) is 1.51. The predicted octanol–water partition coefficient (Wildman–Crippen LogP) is 1.96. The van der Waals surface area contributed by atoms with Crippen molar-refractivity contribution in [3.8, 4) is 5.75 Å². The number of benzene rings is 1. The highest BCUT2D eigenvalue weighted by Crippen LogP contribution is 2.21. The first kappa shape index (κ1) is 13.6. The van der Waals surface area contributed by atoms with Gasteiger partial charge in [-0.15, -0.1) is 0 Å². The highest BCUT2D eigenvalue weighted by atomic mass is 19.1. The van der Waals surface area contributed by atoms with Gasteiger partial charge in [-0.3, -0.25) is 4.79 Å². The molecule has 0 aliphatic carbocycles. The molecule has 3 nitrogen and oxygen atoms in total. The summed E-state index contributed by atoms with van der Waals surface area (Å²) in [6, 6.07) is 4.62. The van der Waals surface area contributed by atoms with Crippen molar-refractivity contribution in [1.82, 2.24) is 0 Å². The van der Waals surface area contributed by atoms with Crippen LogP contribution in [-0.2, 0) is 11.2 Å². The van der Waals surface area contributed by atoms with E-state index in [1.807, 2.05) is 0 Å². The number of hydrogen-bond acceptors (Lipinski definition) is 3. The van der Waals surface area contributed by atoms with Gasteiger partial charge in [-0.1, -0.05) is 26.0 Å². The summed E-state index contributed by atoms with van der Waals surface area (Å²) in [5, 5.41) is 9.57. The molecule has 0 bridgehead atoms. The van der Waals surface area contributed by atoms with Crippen molar-refractivity contribution in [2.45, 2.75) is 26.4 Å². The van der Waals surface area contributed by atoms with E-state index >= 15 is 0 Å². The van der Waals surface area contributed by atoms with E-state index in [4.69, 9.17) is 4.74 Å². The molecule has 1 aromatic rings. The molecule has 0 aliphatic heterocycles. The van der Waals surface area contributed by atoms with Crippen molar-refractivity contribution >= 4 is 5.78 Å². The van der Waals surface area contributed by atoms with E-state index in [9.17, 15) is 14.3 Å².